The lowest BCUT2D eigenvalue weighted by molar-refractivity contribution is -0.143. The normalized spacial score (nSPS) is 19.1. The van der Waals surface area contributed by atoms with E-state index in [0.29, 0.717) is 12.1 Å². The van der Waals surface area contributed by atoms with Crippen molar-refractivity contribution in [2.45, 2.75) is 63.5 Å². The van der Waals surface area contributed by atoms with Crippen LogP contribution in [-0.2, 0) is 19.4 Å². The van der Waals surface area contributed by atoms with Gasteiger partial charge >= 0.3 is 5.97 Å². The number of hydrogen-bond donors (Lipinski definition) is 0. The smallest absolute Gasteiger partial charge is 0.339 e. The molecule has 1 aliphatic rings. The Morgan fingerprint density at radius 3 is 2.62 bits per heavy atom. The zero-order valence-corrected chi connectivity index (χ0v) is 16.6. The largest absolute Gasteiger partial charge is 0.449 e. The van der Waals surface area contributed by atoms with E-state index >= 15 is 0 Å². The van der Waals surface area contributed by atoms with Crippen LogP contribution in [0.25, 0.3) is 0 Å². The molecule has 0 bridgehead atoms. The van der Waals surface area contributed by atoms with Crippen molar-refractivity contribution in [1.82, 2.24) is 4.90 Å². The average Bonchev–Trinajstić information content (AvgIpc) is 2.60. The Kier molecular flexibility index (Phi) is 6.44. The van der Waals surface area contributed by atoms with E-state index in [1.54, 1.807) is 24.8 Å². The number of sulfone groups is 1. The first-order valence-electron chi connectivity index (χ1n) is 8.97. The van der Waals surface area contributed by atoms with Gasteiger partial charge in [0.05, 0.1) is 10.5 Å². The molecule has 1 aromatic carbocycles. The van der Waals surface area contributed by atoms with Crippen molar-refractivity contribution in [3.05, 3.63) is 29.3 Å². The minimum atomic E-state index is -3.43. The van der Waals surface area contributed by atoms with Crippen LogP contribution >= 0.6 is 0 Å². The van der Waals surface area contributed by atoms with E-state index in [2.05, 4.69) is 0 Å². The average molecular weight is 381 g/mol. The number of amides is 1. The predicted octanol–water partition coefficient (Wildman–Crippen LogP) is 2.73. The van der Waals surface area contributed by atoms with Crippen LogP contribution in [0.15, 0.2) is 23.1 Å². The van der Waals surface area contributed by atoms with Gasteiger partial charge in [-0.2, -0.15) is 0 Å². The molecule has 7 heteroatoms. The van der Waals surface area contributed by atoms with E-state index < -0.39 is 21.9 Å². The highest BCUT2D eigenvalue weighted by Crippen LogP contribution is 2.22. The van der Waals surface area contributed by atoms with Crippen LogP contribution in [0.5, 0.6) is 0 Å². The summed E-state index contributed by atoms with van der Waals surface area (Å²) in [7, 11) is -3.43. The fourth-order valence-electron chi connectivity index (χ4n) is 3.27. The van der Waals surface area contributed by atoms with Gasteiger partial charge in [-0.15, -0.1) is 0 Å². The molecule has 1 aliphatic heterocycles. The van der Waals surface area contributed by atoms with E-state index in [9.17, 15) is 18.0 Å². The predicted molar refractivity (Wildman–Crippen MR) is 98.8 cm³/mol. The van der Waals surface area contributed by atoms with Gasteiger partial charge in [0.15, 0.2) is 15.9 Å². The Morgan fingerprint density at radius 2 is 2.00 bits per heavy atom. The highest BCUT2D eigenvalue weighted by atomic mass is 32.2. The zero-order valence-electron chi connectivity index (χ0n) is 15.8. The highest BCUT2D eigenvalue weighted by molar-refractivity contribution is 7.90. The van der Waals surface area contributed by atoms with Crippen molar-refractivity contribution >= 4 is 21.7 Å². The van der Waals surface area contributed by atoms with Crippen LogP contribution in [0, 0.1) is 6.92 Å². The van der Waals surface area contributed by atoms with E-state index in [0.717, 1.165) is 31.9 Å². The van der Waals surface area contributed by atoms with Crippen LogP contribution in [0.2, 0.25) is 0 Å². The van der Waals surface area contributed by atoms with Gasteiger partial charge in [-0.05, 0) is 57.2 Å². The molecule has 1 heterocycles. The van der Waals surface area contributed by atoms with Gasteiger partial charge in [-0.25, -0.2) is 13.2 Å². The first-order valence-corrected chi connectivity index (χ1v) is 10.9. The summed E-state index contributed by atoms with van der Waals surface area (Å²) < 4.78 is 28.8. The van der Waals surface area contributed by atoms with E-state index in [1.807, 2.05) is 6.92 Å². The molecule has 0 N–H and O–H groups in total. The zero-order chi connectivity index (χ0) is 19.5. The molecule has 144 valence electrons. The standard InChI is InChI=1S/C19H27NO5S/c1-5-15-8-6-7-11-20(15)18(21)14(3)25-19(22)17-12-16(26(4,23)24)10-9-13(17)2/h9-10,12,14-15H,5-8,11H2,1-4H3/t14-,15+/m0/s1. The lowest BCUT2D eigenvalue weighted by Crippen LogP contribution is -2.48. The van der Waals surface area contributed by atoms with Gasteiger partial charge in [-0.3, -0.25) is 4.79 Å². The number of hydrogen-bond acceptors (Lipinski definition) is 5. The van der Waals surface area contributed by atoms with Gasteiger partial charge in [0, 0.05) is 18.8 Å². The summed E-state index contributed by atoms with van der Waals surface area (Å²) >= 11 is 0. The Morgan fingerprint density at radius 1 is 1.31 bits per heavy atom. The number of likely N-dealkylation sites (tertiary alicyclic amines) is 1. The molecule has 1 aromatic rings. The molecule has 0 spiro atoms. The van der Waals surface area contributed by atoms with Crippen LogP contribution in [0.3, 0.4) is 0 Å². The minimum Gasteiger partial charge on any atom is -0.449 e. The highest BCUT2D eigenvalue weighted by Gasteiger charge is 2.31. The SMILES string of the molecule is CC[C@@H]1CCCCN1C(=O)[C@H](C)OC(=O)c1cc(S(C)(=O)=O)ccc1C. The Balaban J connectivity index is 2.15. The molecule has 6 nitrogen and oxygen atoms in total. The van der Waals surface area contributed by atoms with Gasteiger partial charge in [-0.1, -0.05) is 13.0 Å². The summed E-state index contributed by atoms with van der Waals surface area (Å²) in [5.74, 6) is -0.874. The maximum Gasteiger partial charge on any atom is 0.339 e. The van der Waals surface area contributed by atoms with Gasteiger partial charge in [0.1, 0.15) is 0 Å². The van der Waals surface area contributed by atoms with Crippen LogP contribution < -0.4 is 0 Å². The van der Waals surface area contributed by atoms with Crippen molar-refractivity contribution in [1.29, 1.82) is 0 Å². The summed E-state index contributed by atoms with van der Waals surface area (Å²) in [6, 6.07) is 4.51. The maximum atomic E-state index is 12.7. The number of carbonyl (C=O) groups is 2. The lowest BCUT2D eigenvalue weighted by atomic mass is 9.99. The quantitative estimate of drug-likeness (QED) is 0.733. The number of nitrogens with zero attached hydrogens (tertiary/aromatic N) is 1. The second-order valence-corrected chi connectivity index (χ2v) is 8.90. The van der Waals surface area contributed by atoms with Crippen LogP contribution in [0.4, 0.5) is 0 Å². The summed E-state index contributed by atoms with van der Waals surface area (Å²) in [5, 5.41) is 0. The van der Waals surface area contributed by atoms with Crippen LogP contribution in [0.1, 0.15) is 55.5 Å². The monoisotopic (exact) mass is 381 g/mol. The topological polar surface area (TPSA) is 80.8 Å². The number of esters is 1. The first kappa shape index (κ1) is 20.4. The molecular formula is C19H27NO5S. The Bertz CT molecular complexity index is 787. The molecule has 0 saturated carbocycles. The number of piperidine rings is 1. The number of benzene rings is 1. The third kappa shape index (κ3) is 4.63. The fourth-order valence-corrected chi connectivity index (χ4v) is 3.92. The molecule has 2 atom stereocenters. The lowest BCUT2D eigenvalue weighted by Gasteiger charge is -2.36. The van der Waals surface area contributed by atoms with E-state index in [1.165, 1.54) is 12.1 Å². The molecule has 1 fully saturated rings. The summed E-state index contributed by atoms with van der Waals surface area (Å²) in [5.41, 5.74) is 0.768. The summed E-state index contributed by atoms with van der Waals surface area (Å²) in [6.45, 7) is 6.00. The van der Waals surface area contributed by atoms with Gasteiger partial charge in [0.2, 0.25) is 0 Å². The molecule has 0 aromatic heterocycles. The number of carbonyl (C=O) groups excluding carboxylic acids is 2. The number of ether oxygens (including phenoxy) is 1. The number of rotatable bonds is 5. The van der Waals surface area contributed by atoms with E-state index in [4.69, 9.17) is 4.74 Å². The maximum absolute atomic E-state index is 12.7. The Labute approximate surface area is 155 Å². The third-order valence-electron chi connectivity index (χ3n) is 4.87. The molecule has 0 radical (unpaired) electrons. The molecule has 26 heavy (non-hydrogen) atoms. The molecule has 1 amide bonds. The van der Waals surface area contributed by atoms with Crippen molar-refractivity contribution in [3.63, 3.8) is 0 Å². The molecule has 1 saturated heterocycles. The van der Waals surface area contributed by atoms with Crippen molar-refractivity contribution in [3.8, 4) is 0 Å². The number of aryl methyl sites for hydroxylation is 1. The second-order valence-electron chi connectivity index (χ2n) is 6.89. The van der Waals surface area contributed by atoms with Gasteiger partial charge in [0.25, 0.3) is 5.91 Å². The first-order chi connectivity index (χ1) is 12.1. The fraction of sp³-hybridized carbons (Fsp3) is 0.579. The summed E-state index contributed by atoms with van der Waals surface area (Å²) in [6.07, 6.45) is 4.09. The van der Waals surface area contributed by atoms with Crippen molar-refractivity contribution < 1.29 is 22.7 Å². The van der Waals surface area contributed by atoms with E-state index in [-0.39, 0.29) is 22.4 Å². The molecular weight excluding hydrogens is 354 g/mol. The van der Waals surface area contributed by atoms with Gasteiger partial charge < -0.3 is 9.64 Å². The minimum absolute atomic E-state index is 0.0520. The van der Waals surface area contributed by atoms with Crippen molar-refractivity contribution in [2.24, 2.45) is 0 Å². The third-order valence-corrected chi connectivity index (χ3v) is 5.98. The second kappa shape index (κ2) is 8.20. The Hall–Kier alpha value is -1.89. The molecule has 2 rings (SSSR count). The summed E-state index contributed by atoms with van der Waals surface area (Å²) in [4.78, 5) is 27.1. The van der Waals surface area contributed by atoms with Crippen molar-refractivity contribution in [2.75, 3.05) is 12.8 Å². The van der Waals surface area contributed by atoms with Crippen LogP contribution in [-0.4, -0.2) is 50.1 Å². The molecule has 0 aliphatic carbocycles. The molecule has 0 unspecified atom stereocenters.